The first-order valence-corrected chi connectivity index (χ1v) is 7.41. The largest absolute Gasteiger partial charge is 0.144 e. The Hall–Kier alpha value is -1.08. The second kappa shape index (κ2) is 6.61. The van der Waals surface area contributed by atoms with Gasteiger partial charge in [-0.15, -0.1) is 11.3 Å². The van der Waals surface area contributed by atoms with Crippen LogP contribution in [0.4, 0.5) is 0 Å². The van der Waals surface area contributed by atoms with Gasteiger partial charge in [-0.1, -0.05) is 56.5 Å². The lowest BCUT2D eigenvalue weighted by Gasteiger charge is -2.04. The van der Waals surface area contributed by atoms with E-state index in [1.807, 2.05) is 11.3 Å². The fourth-order valence-electron chi connectivity index (χ4n) is 2.12. The molecule has 1 heterocycles. The van der Waals surface area contributed by atoms with Crippen LogP contribution >= 0.6 is 11.3 Å². The molecule has 0 aliphatic rings. The molecular formula is C16H20S. The van der Waals surface area contributed by atoms with E-state index in [1.54, 1.807) is 0 Å². The van der Waals surface area contributed by atoms with Crippen LogP contribution < -0.4 is 0 Å². The summed E-state index contributed by atoms with van der Waals surface area (Å²) in [7, 11) is 0. The first-order chi connectivity index (χ1) is 8.42. The molecule has 1 aromatic heterocycles. The Morgan fingerprint density at radius 3 is 2.53 bits per heavy atom. The highest BCUT2D eigenvalue weighted by molar-refractivity contribution is 7.13. The van der Waals surface area contributed by atoms with Gasteiger partial charge in [-0.2, -0.15) is 0 Å². The van der Waals surface area contributed by atoms with E-state index < -0.39 is 0 Å². The molecule has 0 saturated carbocycles. The maximum Gasteiger partial charge on any atom is 0.0374 e. The van der Waals surface area contributed by atoms with Crippen LogP contribution in [0, 0.1) is 0 Å². The average Bonchev–Trinajstić information content (AvgIpc) is 2.84. The number of hydrogen-bond donors (Lipinski definition) is 0. The highest BCUT2D eigenvalue weighted by Crippen LogP contribution is 2.30. The predicted octanol–water partition coefficient (Wildman–Crippen LogP) is 5.54. The molecule has 17 heavy (non-hydrogen) atoms. The van der Waals surface area contributed by atoms with Gasteiger partial charge in [-0.3, -0.25) is 0 Å². The number of rotatable bonds is 6. The minimum atomic E-state index is 1.23. The van der Waals surface area contributed by atoms with Gasteiger partial charge in [-0.25, -0.2) is 0 Å². The quantitative estimate of drug-likeness (QED) is 0.585. The van der Waals surface area contributed by atoms with Crippen molar-refractivity contribution in [1.29, 1.82) is 0 Å². The summed E-state index contributed by atoms with van der Waals surface area (Å²) in [4.78, 5) is 1.46. The van der Waals surface area contributed by atoms with E-state index in [4.69, 9.17) is 0 Å². The Balaban J connectivity index is 2.02. The van der Waals surface area contributed by atoms with Gasteiger partial charge in [0, 0.05) is 4.88 Å². The van der Waals surface area contributed by atoms with Crippen molar-refractivity contribution in [2.45, 2.75) is 39.0 Å². The van der Waals surface area contributed by atoms with Gasteiger partial charge in [0.2, 0.25) is 0 Å². The minimum absolute atomic E-state index is 1.23. The lowest BCUT2D eigenvalue weighted by Crippen LogP contribution is -1.86. The highest BCUT2D eigenvalue weighted by atomic mass is 32.1. The van der Waals surface area contributed by atoms with Gasteiger partial charge in [0.05, 0.1) is 0 Å². The molecule has 0 aliphatic carbocycles. The third-order valence-electron chi connectivity index (χ3n) is 3.08. The van der Waals surface area contributed by atoms with Crippen LogP contribution in [0.15, 0.2) is 41.8 Å². The van der Waals surface area contributed by atoms with E-state index in [9.17, 15) is 0 Å². The van der Waals surface area contributed by atoms with Gasteiger partial charge >= 0.3 is 0 Å². The molecule has 2 aromatic rings. The van der Waals surface area contributed by atoms with Gasteiger partial charge in [0.15, 0.2) is 0 Å². The van der Waals surface area contributed by atoms with E-state index >= 15 is 0 Å². The van der Waals surface area contributed by atoms with Crippen LogP contribution in [0.1, 0.15) is 38.2 Å². The van der Waals surface area contributed by atoms with Crippen LogP contribution in [0.5, 0.6) is 0 Å². The molecular weight excluding hydrogens is 224 g/mol. The SMILES string of the molecule is CCCCCCc1ccsc1-c1ccccc1. The second-order valence-electron chi connectivity index (χ2n) is 4.45. The van der Waals surface area contributed by atoms with Crippen molar-refractivity contribution in [1.82, 2.24) is 0 Å². The molecule has 0 atom stereocenters. The molecule has 0 spiro atoms. The first-order valence-electron chi connectivity index (χ1n) is 6.53. The monoisotopic (exact) mass is 244 g/mol. The van der Waals surface area contributed by atoms with Crippen molar-refractivity contribution < 1.29 is 0 Å². The van der Waals surface area contributed by atoms with Crippen molar-refractivity contribution in [3.8, 4) is 10.4 Å². The van der Waals surface area contributed by atoms with Gasteiger partial charge in [0.25, 0.3) is 0 Å². The Bertz CT molecular complexity index is 428. The molecule has 0 amide bonds. The number of unbranched alkanes of at least 4 members (excludes halogenated alkanes) is 3. The van der Waals surface area contributed by atoms with Crippen molar-refractivity contribution >= 4 is 11.3 Å². The molecule has 90 valence electrons. The lowest BCUT2D eigenvalue weighted by atomic mass is 10.0. The molecule has 0 radical (unpaired) electrons. The molecule has 0 nitrogen and oxygen atoms in total. The van der Waals surface area contributed by atoms with Crippen molar-refractivity contribution in [2.75, 3.05) is 0 Å². The highest BCUT2D eigenvalue weighted by Gasteiger charge is 2.05. The summed E-state index contributed by atoms with van der Waals surface area (Å²) in [6, 6.07) is 13.0. The summed E-state index contributed by atoms with van der Waals surface area (Å²) >= 11 is 1.87. The summed E-state index contributed by atoms with van der Waals surface area (Å²) in [6.07, 6.45) is 6.60. The van der Waals surface area contributed by atoms with Gasteiger partial charge < -0.3 is 0 Å². The van der Waals surface area contributed by atoms with Crippen LogP contribution in [-0.2, 0) is 6.42 Å². The summed E-state index contributed by atoms with van der Waals surface area (Å²) < 4.78 is 0. The minimum Gasteiger partial charge on any atom is -0.144 e. The Morgan fingerprint density at radius 1 is 0.941 bits per heavy atom. The molecule has 0 aliphatic heterocycles. The van der Waals surface area contributed by atoms with E-state index in [0.29, 0.717) is 0 Å². The van der Waals surface area contributed by atoms with Crippen LogP contribution in [-0.4, -0.2) is 0 Å². The molecule has 0 N–H and O–H groups in total. The molecule has 1 aromatic carbocycles. The summed E-state index contributed by atoms with van der Waals surface area (Å²) in [5.41, 5.74) is 2.89. The molecule has 1 heteroatoms. The fraction of sp³-hybridized carbons (Fsp3) is 0.375. The zero-order valence-corrected chi connectivity index (χ0v) is 11.3. The zero-order chi connectivity index (χ0) is 11.9. The smallest absolute Gasteiger partial charge is 0.0374 e. The Morgan fingerprint density at radius 2 is 1.76 bits per heavy atom. The summed E-state index contributed by atoms with van der Waals surface area (Å²) in [5, 5.41) is 2.22. The predicted molar refractivity (Wildman–Crippen MR) is 77.6 cm³/mol. The number of aryl methyl sites for hydroxylation is 1. The lowest BCUT2D eigenvalue weighted by molar-refractivity contribution is 0.668. The van der Waals surface area contributed by atoms with Gasteiger partial charge in [0.1, 0.15) is 0 Å². The molecule has 0 fully saturated rings. The molecule has 0 bridgehead atoms. The normalized spacial score (nSPS) is 10.6. The zero-order valence-electron chi connectivity index (χ0n) is 10.5. The van der Waals surface area contributed by atoms with Crippen LogP contribution in [0.3, 0.4) is 0 Å². The third kappa shape index (κ3) is 3.44. The Kier molecular flexibility index (Phi) is 4.81. The summed E-state index contributed by atoms with van der Waals surface area (Å²) in [5.74, 6) is 0. The van der Waals surface area contributed by atoms with Crippen molar-refractivity contribution in [2.24, 2.45) is 0 Å². The number of thiophene rings is 1. The van der Waals surface area contributed by atoms with E-state index in [1.165, 1.54) is 48.1 Å². The average molecular weight is 244 g/mol. The van der Waals surface area contributed by atoms with Crippen molar-refractivity contribution in [3.63, 3.8) is 0 Å². The molecule has 2 rings (SSSR count). The topological polar surface area (TPSA) is 0 Å². The first kappa shape index (κ1) is 12.4. The maximum absolute atomic E-state index is 2.29. The number of benzene rings is 1. The van der Waals surface area contributed by atoms with Crippen molar-refractivity contribution in [3.05, 3.63) is 47.3 Å². The standard InChI is InChI=1S/C16H20S/c1-2-3-4-6-11-15-12-13-17-16(15)14-9-7-5-8-10-14/h5,7-10,12-13H,2-4,6,11H2,1H3. The van der Waals surface area contributed by atoms with E-state index in [0.717, 1.165) is 0 Å². The third-order valence-corrected chi connectivity index (χ3v) is 4.09. The second-order valence-corrected chi connectivity index (χ2v) is 5.37. The van der Waals surface area contributed by atoms with E-state index in [2.05, 4.69) is 48.7 Å². The number of hydrogen-bond acceptors (Lipinski definition) is 1. The van der Waals surface area contributed by atoms with Crippen LogP contribution in [0.2, 0.25) is 0 Å². The molecule has 0 unspecified atom stereocenters. The molecule has 0 saturated heterocycles. The summed E-state index contributed by atoms with van der Waals surface area (Å²) in [6.45, 7) is 2.26. The van der Waals surface area contributed by atoms with Gasteiger partial charge in [-0.05, 0) is 35.4 Å². The van der Waals surface area contributed by atoms with E-state index in [-0.39, 0.29) is 0 Å². The maximum atomic E-state index is 2.29. The Labute approximate surface area is 108 Å². The fourth-order valence-corrected chi connectivity index (χ4v) is 3.08. The van der Waals surface area contributed by atoms with Crippen LogP contribution in [0.25, 0.3) is 10.4 Å².